The van der Waals surface area contributed by atoms with Crippen molar-refractivity contribution in [2.24, 2.45) is 11.7 Å². The number of anilines is 1. The molecule has 1 atom stereocenters. The average Bonchev–Trinajstić information content (AvgIpc) is 2.87. The van der Waals surface area contributed by atoms with Crippen LogP contribution in [0.15, 0.2) is 36.5 Å². The molecule has 0 aliphatic carbocycles. The zero-order chi connectivity index (χ0) is 11.7. The molecule has 1 aromatic heterocycles. The van der Waals surface area contributed by atoms with E-state index in [1.54, 1.807) is 0 Å². The molecule has 1 aliphatic rings. The van der Waals surface area contributed by atoms with Gasteiger partial charge in [-0.3, -0.25) is 4.98 Å². The molecule has 1 saturated heterocycles. The molecule has 3 rings (SSSR count). The minimum atomic E-state index is 0.641. The van der Waals surface area contributed by atoms with Crippen molar-refractivity contribution < 1.29 is 0 Å². The predicted octanol–water partition coefficient (Wildman–Crippen LogP) is 2.02. The van der Waals surface area contributed by atoms with E-state index in [4.69, 9.17) is 5.73 Å². The molecule has 1 fully saturated rings. The van der Waals surface area contributed by atoms with E-state index in [1.807, 2.05) is 12.3 Å². The number of rotatable bonds is 2. The van der Waals surface area contributed by atoms with Crippen LogP contribution in [0.2, 0.25) is 0 Å². The minimum absolute atomic E-state index is 0.641. The molecule has 1 aromatic carbocycles. The van der Waals surface area contributed by atoms with E-state index in [-0.39, 0.29) is 0 Å². The molecular formula is C14H17N3. The van der Waals surface area contributed by atoms with Crippen LogP contribution < -0.4 is 10.6 Å². The Morgan fingerprint density at radius 2 is 2.24 bits per heavy atom. The van der Waals surface area contributed by atoms with Gasteiger partial charge in [-0.15, -0.1) is 0 Å². The van der Waals surface area contributed by atoms with Gasteiger partial charge in [0.25, 0.3) is 0 Å². The topological polar surface area (TPSA) is 42.1 Å². The molecule has 1 aliphatic heterocycles. The Morgan fingerprint density at radius 1 is 1.29 bits per heavy atom. The number of pyridine rings is 1. The van der Waals surface area contributed by atoms with Crippen molar-refractivity contribution in [3.05, 3.63) is 36.5 Å². The number of fused-ring (bicyclic) bond motifs is 1. The second-order valence-electron chi connectivity index (χ2n) is 4.68. The molecule has 17 heavy (non-hydrogen) atoms. The lowest BCUT2D eigenvalue weighted by molar-refractivity contribution is 0.603. The second-order valence-corrected chi connectivity index (χ2v) is 4.68. The Morgan fingerprint density at radius 3 is 3.06 bits per heavy atom. The van der Waals surface area contributed by atoms with Crippen molar-refractivity contribution >= 4 is 16.6 Å². The summed E-state index contributed by atoms with van der Waals surface area (Å²) < 4.78 is 0. The van der Waals surface area contributed by atoms with Gasteiger partial charge in [0.15, 0.2) is 0 Å². The fraction of sp³-hybridized carbons (Fsp3) is 0.357. The predicted molar refractivity (Wildman–Crippen MR) is 71.1 cm³/mol. The van der Waals surface area contributed by atoms with Gasteiger partial charge in [-0.25, -0.2) is 0 Å². The number of aromatic nitrogens is 1. The molecule has 2 heterocycles. The first kappa shape index (κ1) is 10.5. The summed E-state index contributed by atoms with van der Waals surface area (Å²) in [5.41, 5.74) is 8.12. The third-order valence-corrected chi connectivity index (χ3v) is 3.58. The number of hydrogen-bond donors (Lipinski definition) is 1. The van der Waals surface area contributed by atoms with Gasteiger partial charge in [0, 0.05) is 30.4 Å². The van der Waals surface area contributed by atoms with Crippen LogP contribution in [0.4, 0.5) is 5.69 Å². The molecule has 3 heteroatoms. The van der Waals surface area contributed by atoms with E-state index in [9.17, 15) is 0 Å². The molecule has 3 nitrogen and oxygen atoms in total. The largest absolute Gasteiger partial charge is 0.371 e. The zero-order valence-corrected chi connectivity index (χ0v) is 9.84. The maximum absolute atomic E-state index is 5.75. The van der Waals surface area contributed by atoms with Gasteiger partial charge in [-0.05, 0) is 43.1 Å². The zero-order valence-electron chi connectivity index (χ0n) is 9.84. The Kier molecular flexibility index (Phi) is 2.69. The van der Waals surface area contributed by atoms with Crippen molar-refractivity contribution in [1.29, 1.82) is 0 Å². The van der Waals surface area contributed by atoms with Crippen molar-refractivity contribution in [3.63, 3.8) is 0 Å². The fourth-order valence-electron chi connectivity index (χ4n) is 2.61. The Hall–Kier alpha value is -1.61. The summed E-state index contributed by atoms with van der Waals surface area (Å²) in [5, 5.41) is 1.24. The average molecular weight is 227 g/mol. The first-order chi connectivity index (χ1) is 8.38. The molecule has 0 spiro atoms. The van der Waals surface area contributed by atoms with Crippen LogP contribution in [0.5, 0.6) is 0 Å². The first-order valence-corrected chi connectivity index (χ1v) is 6.17. The normalized spacial score (nSPS) is 20.1. The van der Waals surface area contributed by atoms with E-state index < -0.39 is 0 Å². The molecule has 0 saturated carbocycles. The van der Waals surface area contributed by atoms with E-state index in [1.165, 1.54) is 17.5 Å². The lowest BCUT2D eigenvalue weighted by Crippen LogP contribution is -2.22. The maximum Gasteiger partial charge on any atom is 0.0722 e. The molecule has 0 bridgehead atoms. The molecule has 88 valence electrons. The van der Waals surface area contributed by atoms with Crippen molar-refractivity contribution in [2.75, 3.05) is 24.5 Å². The van der Waals surface area contributed by atoms with Crippen LogP contribution in [-0.2, 0) is 0 Å². The van der Waals surface area contributed by atoms with Crippen molar-refractivity contribution in [1.82, 2.24) is 4.98 Å². The first-order valence-electron chi connectivity index (χ1n) is 6.17. The molecule has 0 radical (unpaired) electrons. The van der Waals surface area contributed by atoms with Crippen LogP contribution in [0.25, 0.3) is 10.9 Å². The number of hydrogen-bond acceptors (Lipinski definition) is 3. The highest BCUT2D eigenvalue weighted by Crippen LogP contribution is 2.29. The molecule has 2 aromatic rings. The van der Waals surface area contributed by atoms with E-state index in [0.29, 0.717) is 5.92 Å². The highest BCUT2D eigenvalue weighted by molar-refractivity contribution is 5.91. The molecular weight excluding hydrogens is 210 g/mol. The lowest BCUT2D eigenvalue weighted by Gasteiger charge is -2.20. The number of benzene rings is 1. The summed E-state index contributed by atoms with van der Waals surface area (Å²) in [6.45, 7) is 2.97. The fourth-order valence-corrected chi connectivity index (χ4v) is 2.61. The molecule has 1 unspecified atom stereocenters. The Balaban J connectivity index is 2.00. The van der Waals surface area contributed by atoms with Gasteiger partial charge in [0.1, 0.15) is 0 Å². The minimum Gasteiger partial charge on any atom is -0.371 e. The highest BCUT2D eigenvalue weighted by atomic mass is 15.2. The monoisotopic (exact) mass is 227 g/mol. The summed E-state index contributed by atoms with van der Waals surface area (Å²) in [5.74, 6) is 0.641. The van der Waals surface area contributed by atoms with Crippen LogP contribution >= 0.6 is 0 Å². The van der Waals surface area contributed by atoms with Crippen LogP contribution in [0.3, 0.4) is 0 Å². The SMILES string of the molecule is NCC1CCN(c2cccc3ncccc23)C1. The quantitative estimate of drug-likeness (QED) is 0.853. The van der Waals surface area contributed by atoms with Gasteiger partial charge in [-0.2, -0.15) is 0 Å². The van der Waals surface area contributed by atoms with Crippen LogP contribution in [-0.4, -0.2) is 24.6 Å². The summed E-state index contributed by atoms with van der Waals surface area (Å²) in [7, 11) is 0. The van der Waals surface area contributed by atoms with Gasteiger partial charge >= 0.3 is 0 Å². The Bertz CT molecular complexity index is 518. The third-order valence-electron chi connectivity index (χ3n) is 3.58. The summed E-state index contributed by atoms with van der Waals surface area (Å²) in [6, 6.07) is 10.5. The number of nitrogens with two attached hydrogens (primary N) is 1. The van der Waals surface area contributed by atoms with Gasteiger partial charge in [0.05, 0.1) is 5.52 Å². The summed E-state index contributed by atoms with van der Waals surface area (Å²) in [4.78, 5) is 6.83. The summed E-state index contributed by atoms with van der Waals surface area (Å²) in [6.07, 6.45) is 3.05. The van der Waals surface area contributed by atoms with Crippen LogP contribution in [0, 0.1) is 5.92 Å². The lowest BCUT2D eigenvalue weighted by atomic mass is 10.1. The van der Waals surface area contributed by atoms with E-state index >= 15 is 0 Å². The maximum atomic E-state index is 5.75. The Labute approximate surface area is 101 Å². The third kappa shape index (κ3) is 1.87. The van der Waals surface area contributed by atoms with E-state index in [2.05, 4.69) is 34.1 Å². The van der Waals surface area contributed by atoms with Gasteiger partial charge in [-0.1, -0.05) is 6.07 Å². The van der Waals surface area contributed by atoms with Crippen LogP contribution in [0.1, 0.15) is 6.42 Å². The molecule has 2 N–H and O–H groups in total. The van der Waals surface area contributed by atoms with Crippen molar-refractivity contribution in [3.8, 4) is 0 Å². The smallest absolute Gasteiger partial charge is 0.0722 e. The second kappa shape index (κ2) is 4.34. The summed E-state index contributed by atoms with van der Waals surface area (Å²) >= 11 is 0. The number of nitrogens with zero attached hydrogens (tertiary/aromatic N) is 2. The van der Waals surface area contributed by atoms with Gasteiger partial charge < -0.3 is 10.6 Å². The molecule has 0 amide bonds. The highest BCUT2D eigenvalue weighted by Gasteiger charge is 2.22. The van der Waals surface area contributed by atoms with Gasteiger partial charge in [0.2, 0.25) is 0 Å². The standard InChI is InChI=1S/C14H17N3/c15-9-11-6-8-17(10-11)14-5-1-4-13-12(14)3-2-7-16-13/h1-5,7,11H,6,8-10,15H2. The van der Waals surface area contributed by atoms with E-state index in [0.717, 1.165) is 25.2 Å². The van der Waals surface area contributed by atoms with Crippen molar-refractivity contribution in [2.45, 2.75) is 6.42 Å².